The van der Waals surface area contributed by atoms with E-state index in [1.165, 1.54) is 23.1 Å². The Morgan fingerprint density at radius 3 is 2.27 bits per heavy atom. The second-order valence-corrected chi connectivity index (χ2v) is 7.78. The predicted octanol–water partition coefficient (Wildman–Crippen LogP) is 1.23. The van der Waals surface area contributed by atoms with Gasteiger partial charge in [0.1, 0.15) is 5.82 Å². The molecule has 0 radical (unpaired) electrons. The standard InChI is InChI=1S/C21H18N4O5/c22-17-16-14(18(27)23-19(16)28)9-15(26)24(17)11-6-7-12-13(8-11)21(30)25(20(12)29)10-4-2-1-3-5-10/h6-10H,1-5,22H2,(H,23,27,28). The second kappa shape index (κ2) is 6.38. The topological polar surface area (TPSA) is 132 Å². The van der Waals surface area contributed by atoms with E-state index in [0.29, 0.717) is 0 Å². The Balaban J connectivity index is 1.60. The molecule has 0 bridgehead atoms. The highest BCUT2D eigenvalue weighted by Gasteiger charge is 2.40. The van der Waals surface area contributed by atoms with Crippen LogP contribution in [0.1, 0.15) is 73.5 Å². The zero-order valence-corrected chi connectivity index (χ0v) is 15.9. The Labute approximate surface area is 170 Å². The highest BCUT2D eigenvalue weighted by Crippen LogP contribution is 2.32. The average Bonchev–Trinajstić information content (AvgIpc) is 3.15. The first-order valence-electron chi connectivity index (χ1n) is 9.82. The molecule has 0 spiro atoms. The fourth-order valence-electron chi connectivity index (χ4n) is 4.60. The smallest absolute Gasteiger partial charge is 0.262 e. The zero-order valence-electron chi connectivity index (χ0n) is 15.9. The van der Waals surface area contributed by atoms with Gasteiger partial charge in [-0.3, -0.25) is 38.8 Å². The molecule has 5 rings (SSSR count). The van der Waals surface area contributed by atoms with Gasteiger partial charge in [0.15, 0.2) is 0 Å². The first kappa shape index (κ1) is 18.3. The molecule has 3 N–H and O–H groups in total. The van der Waals surface area contributed by atoms with E-state index in [-0.39, 0.29) is 51.6 Å². The fourth-order valence-corrected chi connectivity index (χ4v) is 4.60. The number of carbonyl (C=O) groups excluding carboxylic acids is 4. The van der Waals surface area contributed by atoms with Gasteiger partial charge in [-0.15, -0.1) is 0 Å². The molecular weight excluding hydrogens is 388 g/mol. The third-order valence-corrected chi connectivity index (χ3v) is 6.05. The zero-order chi connectivity index (χ0) is 21.2. The van der Waals surface area contributed by atoms with Crippen LogP contribution >= 0.6 is 0 Å². The Morgan fingerprint density at radius 2 is 1.53 bits per heavy atom. The first-order chi connectivity index (χ1) is 14.4. The van der Waals surface area contributed by atoms with Crippen molar-refractivity contribution in [2.75, 3.05) is 5.73 Å². The van der Waals surface area contributed by atoms with Crippen LogP contribution in [0.25, 0.3) is 5.69 Å². The number of benzene rings is 1. The molecule has 9 heteroatoms. The van der Waals surface area contributed by atoms with Gasteiger partial charge in [0.05, 0.1) is 27.9 Å². The maximum atomic E-state index is 13.0. The highest BCUT2D eigenvalue weighted by atomic mass is 16.2. The summed E-state index contributed by atoms with van der Waals surface area (Å²) in [6.45, 7) is 0. The van der Waals surface area contributed by atoms with Crippen LogP contribution in [-0.2, 0) is 0 Å². The molecule has 0 saturated heterocycles. The van der Waals surface area contributed by atoms with Crippen molar-refractivity contribution in [3.05, 3.63) is 56.9 Å². The molecule has 2 aromatic rings. The minimum absolute atomic E-state index is 0.0744. The van der Waals surface area contributed by atoms with Crippen molar-refractivity contribution in [3.63, 3.8) is 0 Å². The molecule has 1 aromatic heterocycles. The fraction of sp³-hybridized carbons (Fsp3) is 0.286. The summed E-state index contributed by atoms with van der Waals surface area (Å²) in [5.41, 5.74) is 6.03. The number of carbonyl (C=O) groups is 4. The van der Waals surface area contributed by atoms with Gasteiger partial charge in [-0.05, 0) is 31.0 Å². The average molecular weight is 406 g/mol. The third-order valence-electron chi connectivity index (χ3n) is 6.05. The first-order valence-corrected chi connectivity index (χ1v) is 9.82. The minimum atomic E-state index is -0.683. The molecule has 2 aliphatic heterocycles. The van der Waals surface area contributed by atoms with Crippen molar-refractivity contribution in [2.45, 2.75) is 38.1 Å². The third kappa shape index (κ3) is 2.44. The molecule has 0 atom stereocenters. The van der Waals surface area contributed by atoms with Gasteiger partial charge in [-0.25, -0.2) is 0 Å². The molecule has 3 heterocycles. The number of imide groups is 2. The van der Waals surface area contributed by atoms with E-state index in [1.54, 1.807) is 0 Å². The number of rotatable bonds is 2. The summed E-state index contributed by atoms with van der Waals surface area (Å²) in [5, 5.41) is 2.11. The molecule has 1 aliphatic carbocycles. The number of nitrogens with zero attached hydrogens (tertiary/aromatic N) is 2. The number of pyridine rings is 1. The predicted molar refractivity (Wildman–Crippen MR) is 106 cm³/mol. The van der Waals surface area contributed by atoms with Crippen LogP contribution in [0, 0.1) is 0 Å². The van der Waals surface area contributed by atoms with Crippen molar-refractivity contribution >= 4 is 29.4 Å². The Hall–Kier alpha value is -3.75. The van der Waals surface area contributed by atoms with Gasteiger partial charge in [-0.2, -0.15) is 0 Å². The Morgan fingerprint density at radius 1 is 0.833 bits per heavy atom. The van der Waals surface area contributed by atoms with E-state index in [4.69, 9.17) is 5.73 Å². The molecule has 3 aliphatic rings. The van der Waals surface area contributed by atoms with E-state index in [1.807, 2.05) is 0 Å². The van der Waals surface area contributed by atoms with Crippen molar-refractivity contribution in [1.82, 2.24) is 14.8 Å². The molecule has 0 unspecified atom stereocenters. The van der Waals surface area contributed by atoms with E-state index >= 15 is 0 Å². The lowest BCUT2D eigenvalue weighted by molar-refractivity contribution is 0.0548. The Bertz CT molecular complexity index is 1220. The monoisotopic (exact) mass is 406 g/mol. The number of amides is 4. The van der Waals surface area contributed by atoms with Crippen LogP contribution in [0.5, 0.6) is 0 Å². The normalized spacial score (nSPS) is 18.6. The van der Waals surface area contributed by atoms with E-state index < -0.39 is 17.4 Å². The van der Waals surface area contributed by atoms with E-state index in [2.05, 4.69) is 5.32 Å². The molecule has 152 valence electrons. The van der Waals surface area contributed by atoms with Crippen LogP contribution in [0.2, 0.25) is 0 Å². The Kier molecular flexibility index (Phi) is 3.89. The van der Waals surface area contributed by atoms with Crippen LogP contribution < -0.4 is 16.6 Å². The van der Waals surface area contributed by atoms with Gasteiger partial charge in [-0.1, -0.05) is 19.3 Å². The summed E-state index contributed by atoms with van der Waals surface area (Å²) in [7, 11) is 0. The number of fused-ring (bicyclic) bond motifs is 2. The van der Waals surface area contributed by atoms with Crippen LogP contribution in [-0.4, -0.2) is 39.1 Å². The molecule has 4 amide bonds. The minimum Gasteiger partial charge on any atom is -0.384 e. The lowest BCUT2D eigenvalue weighted by atomic mass is 9.94. The number of nitrogens with two attached hydrogens (primary N) is 1. The summed E-state index contributed by atoms with van der Waals surface area (Å²) in [6, 6.07) is 5.38. The van der Waals surface area contributed by atoms with Gasteiger partial charge < -0.3 is 5.73 Å². The molecule has 1 saturated carbocycles. The number of anilines is 1. The number of aromatic nitrogens is 1. The number of nitrogens with one attached hydrogen (secondary N) is 1. The van der Waals surface area contributed by atoms with Crippen molar-refractivity contribution < 1.29 is 19.2 Å². The summed E-state index contributed by atoms with van der Waals surface area (Å²) < 4.78 is 1.07. The maximum Gasteiger partial charge on any atom is 0.262 e. The van der Waals surface area contributed by atoms with Gasteiger partial charge in [0.2, 0.25) is 0 Å². The van der Waals surface area contributed by atoms with E-state index in [9.17, 15) is 24.0 Å². The van der Waals surface area contributed by atoms with Crippen molar-refractivity contribution in [2.24, 2.45) is 0 Å². The van der Waals surface area contributed by atoms with Crippen molar-refractivity contribution in [3.8, 4) is 5.69 Å². The lowest BCUT2D eigenvalue weighted by Crippen LogP contribution is -2.40. The quantitative estimate of drug-likeness (QED) is 0.721. The van der Waals surface area contributed by atoms with Crippen LogP contribution in [0.4, 0.5) is 5.82 Å². The number of hydrogen-bond acceptors (Lipinski definition) is 6. The SMILES string of the molecule is Nc1c2c(cc(=O)n1-c1ccc3c(c1)C(=O)N(C1CCCCC1)C3=O)C(=O)NC2=O. The second-order valence-electron chi connectivity index (χ2n) is 7.78. The maximum absolute atomic E-state index is 13.0. The molecule has 30 heavy (non-hydrogen) atoms. The molecule has 1 aromatic carbocycles. The van der Waals surface area contributed by atoms with E-state index in [0.717, 1.165) is 42.7 Å². The van der Waals surface area contributed by atoms with Crippen molar-refractivity contribution in [1.29, 1.82) is 0 Å². The van der Waals surface area contributed by atoms with Gasteiger partial charge in [0.25, 0.3) is 29.2 Å². The number of nitrogen functional groups attached to an aromatic ring is 1. The molecular formula is C21H18N4O5. The summed E-state index contributed by atoms with van der Waals surface area (Å²) >= 11 is 0. The molecule has 9 nitrogen and oxygen atoms in total. The largest absolute Gasteiger partial charge is 0.384 e. The molecule has 1 fully saturated rings. The summed E-state index contributed by atoms with van der Waals surface area (Å²) in [5.74, 6) is -2.26. The summed E-state index contributed by atoms with van der Waals surface area (Å²) in [4.78, 5) is 63.7. The van der Waals surface area contributed by atoms with Crippen LogP contribution in [0.3, 0.4) is 0 Å². The lowest BCUT2D eigenvalue weighted by Gasteiger charge is -2.29. The van der Waals surface area contributed by atoms with Gasteiger partial charge >= 0.3 is 0 Å². The number of hydrogen-bond donors (Lipinski definition) is 2. The van der Waals surface area contributed by atoms with Crippen LogP contribution in [0.15, 0.2) is 29.1 Å². The van der Waals surface area contributed by atoms with Gasteiger partial charge in [0, 0.05) is 12.1 Å². The summed E-state index contributed by atoms with van der Waals surface area (Å²) in [6.07, 6.45) is 4.63. The highest BCUT2D eigenvalue weighted by molar-refractivity contribution is 6.23.